The van der Waals surface area contributed by atoms with Crippen molar-refractivity contribution in [3.8, 4) is 0 Å². The van der Waals surface area contributed by atoms with Crippen LogP contribution in [-0.2, 0) is 4.79 Å². The highest BCUT2D eigenvalue weighted by molar-refractivity contribution is 5.82. The number of ketones is 1. The molecule has 0 aromatic heterocycles. The predicted molar refractivity (Wildman–Crippen MR) is 36.0 cm³/mol. The molecule has 0 bridgehead atoms. The summed E-state index contributed by atoms with van der Waals surface area (Å²) in [5, 5.41) is 0. The van der Waals surface area contributed by atoms with Gasteiger partial charge in [0.05, 0.1) is 0 Å². The number of Topliss-reactive ketones (excluding diaryl/α,β-unsaturated/α-hetero) is 1. The van der Waals surface area contributed by atoms with Crippen molar-refractivity contribution in [2.75, 3.05) is 0 Å². The fourth-order valence-corrected chi connectivity index (χ4v) is 1.23. The van der Waals surface area contributed by atoms with Crippen molar-refractivity contribution >= 4 is 5.78 Å². The standard InChI is InChI=1S/C7H13NO/c1-5-6(8)3-2-4-7(5)9/h5-6H,2-4,8H2,1H3/t5-,6-/m0/s1. The highest BCUT2D eigenvalue weighted by Crippen LogP contribution is 2.18. The quantitative estimate of drug-likeness (QED) is 0.520. The van der Waals surface area contributed by atoms with Gasteiger partial charge < -0.3 is 5.73 Å². The van der Waals surface area contributed by atoms with E-state index in [1.54, 1.807) is 0 Å². The van der Waals surface area contributed by atoms with Crippen molar-refractivity contribution in [3.63, 3.8) is 0 Å². The Kier molecular flexibility index (Phi) is 1.86. The summed E-state index contributed by atoms with van der Waals surface area (Å²) in [4.78, 5) is 10.9. The molecule has 1 rings (SSSR count). The molecule has 1 saturated carbocycles. The molecule has 1 aliphatic carbocycles. The Morgan fingerprint density at radius 3 is 2.78 bits per heavy atom. The molecule has 0 aromatic carbocycles. The number of carbonyl (C=O) groups is 1. The Labute approximate surface area is 55.4 Å². The Hall–Kier alpha value is -0.370. The molecular formula is C7H13NO. The van der Waals surface area contributed by atoms with Crippen LogP contribution in [0.4, 0.5) is 0 Å². The largest absolute Gasteiger partial charge is 0.327 e. The molecule has 2 nitrogen and oxygen atoms in total. The molecular weight excluding hydrogens is 114 g/mol. The van der Waals surface area contributed by atoms with E-state index in [2.05, 4.69) is 0 Å². The van der Waals surface area contributed by atoms with Crippen LogP contribution in [0.5, 0.6) is 0 Å². The summed E-state index contributed by atoms with van der Waals surface area (Å²) >= 11 is 0. The van der Waals surface area contributed by atoms with Crippen LogP contribution in [0, 0.1) is 5.92 Å². The molecule has 0 radical (unpaired) electrons. The summed E-state index contributed by atoms with van der Waals surface area (Å²) in [7, 11) is 0. The lowest BCUT2D eigenvalue weighted by Crippen LogP contribution is -2.36. The number of hydrogen-bond acceptors (Lipinski definition) is 2. The molecule has 0 amide bonds. The van der Waals surface area contributed by atoms with Crippen molar-refractivity contribution in [3.05, 3.63) is 0 Å². The first-order valence-electron chi connectivity index (χ1n) is 3.50. The maximum Gasteiger partial charge on any atom is 0.137 e. The number of carbonyl (C=O) groups excluding carboxylic acids is 1. The van der Waals surface area contributed by atoms with Gasteiger partial charge in [-0.1, -0.05) is 6.92 Å². The van der Waals surface area contributed by atoms with Crippen molar-refractivity contribution in [1.29, 1.82) is 0 Å². The van der Waals surface area contributed by atoms with Crippen molar-refractivity contribution < 1.29 is 4.79 Å². The van der Waals surface area contributed by atoms with E-state index >= 15 is 0 Å². The SMILES string of the molecule is C[C@@H]1C(=O)CCC[C@@H]1N. The third kappa shape index (κ3) is 1.30. The fourth-order valence-electron chi connectivity index (χ4n) is 1.23. The second-order valence-electron chi connectivity index (χ2n) is 2.81. The van der Waals surface area contributed by atoms with Crippen LogP contribution in [0.2, 0.25) is 0 Å². The van der Waals surface area contributed by atoms with Crippen molar-refractivity contribution in [2.24, 2.45) is 11.7 Å². The number of nitrogens with two attached hydrogens (primary N) is 1. The third-order valence-corrected chi connectivity index (χ3v) is 2.11. The van der Waals surface area contributed by atoms with Gasteiger partial charge in [-0.15, -0.1) is 0 Å². The van der Waals surface area contributed by atoms with Gasteiger partial charge in [-0.3, -0.25) is 4.79 Å². The minimum Gasteiger partial charge on any atom is -0.327 e. The molecule has 0 spiro atoms. The first-order chi connectivity index (χ1) is 4.22. The fraction of sp³-hybridized carbons (Fsp3) is 0.857. The van der Waals surface area contributed by atoms with Crippen LogP contribution in [0.25, 0.3) is 0 Å². The second kappa shape index (κ2) is 2.48. The molecule has 2 N–H and O–H groups in total. The van der Waals surface area contributed by atoms with Crippen LogP contribution >= 0.6 is 0 Å². The normalized spacial score (nSPS) is 36.9. The van der Waals surface area contributed by atoms with Gasteiger partial charge in [-0.05, 0) is 12.8 Å². The van der Waals surface area contributed by atoms with E-state index < -0.39 is 0 Å². The molecule has 1 aliphatic rings. The smallest absolute Gasteiger partial charge is 0.137 e. The van der Waals surface area contributed by atoms with E-state index in [1.807, 2.05) is 6.92 Å². The molecule has 2 atom stereocenters. The molecule has 0 aromatic rings. The lowest BCUT2D eigenvalue weighted by atomic mass is 9.85. The lowest BCUT2D eigenvalue weighted by molar-refractivity contribution is -0.124. The van der Waals surface area contributed by atoms with E-state index in [0.717, 1.165) is 19.3 Å². The molecule has 0 heterocycles. The highest BCUT2D eigenvalue weighted by atomic mass is 16.1. The summed E-state index contributed by atoms with van der Waals surface area (Å²) < 4.78 is 0. The van der Waals surface area contributed by atoms with Gasteiger partial charge in [0.2, 0.25) is 0 Å². The number of hydrogen-bond donors (Lipinski definition) is 1. The van der Waals surface area contributed by atoms with E-state index in [9.17, 15) is 4.79 Å². The second-order valence-corrected chi connectivity index (χ2v) is 2.81. The average Bonchev–Trinajstić information content (AvgIpc) is 1.83. The molecule has 0 saturated heterocycles. The summed E-state index contributed by atoms with van der Waals surface area (Å²) in [6.07, 6.45) is 2.76. The molecule has 2 heteroatoms. The Bertz CT molecular complexity index is 122. The first-order valence-corrected chi connectivity index (χ1v) is 3.50. The summed E-state index contributed by atoms with van der Waals surface area (Å²) in [5.41, 5.74) is 5.65. The van der Waals surface area contributed by atoms with Crippen LogP contribution in [0.3, 0.4) is 0 Å². The van der Waals surface area contributed by atoms with E-state index in [0.29, 0.717) is 5.78 Å². The molecule has 0 unspecified atom stereocenters. The predicted octanol–water partition coefficient (Wildman–Crippen LogP) is 0.703. The zero-order valence-corrected chi connectivity index (χ0v) is 5.76. The maximum absolute atomic E-state index is 10.9. The average molecular weight is 127 g/mol. The Morgan fingerprint density at radius 1 is 1.67 bits per heavy atom. The monoisotopic (exact) mass is 127 g/mol. The van der Waals surface area contributed by atoms with Gasteiger partial charge in [0, 0.05) is 18.4 Å². The van der Waals surface area contributed by atoms with Gasteiger partial charge in [-0.25, -0.2) is 0 Å². The Morgan fingerprint density at radius 2 is 2.33 bits per heavy atom. The maximum atomic E-state index is 10.9. The topological polar surface area (TPSA) is 43.1 Å². The van der Waals surface area contributed by atoms with Gasteiger partial charge in [-0.2, -0.15) is 0 Å². The van der Waals surface area contributed by atoms with Crippen LogP contribution in [-0.4, -0.2) is 11.8 Å². The van der Waals surface area contributed by atoms with E-state index in [1.165, 1.54) is 0 Å². The first kappa shape index (κ1) is 6.75. The summed E-state index contributed by atoms with van der Waals surface area (Å²) in [6.45, 7) is 1.92. The van der Waals surface area contributed by atoms with Gasteiger partial charge in [0.15, 0.2) is 0 Å². The molecule has 52 valence electrons. The zero-order chi connectivity index (χ0) is 6.85. The molecule has 0 aliphatic heterocycles. The van der Waals surface area contributed by atoms with Gasteiger partial charge in [0.25, 0.3) is 0 Å². The molecule has 1 fully saturated rings. The van der Waals surface area contributed by atoms with Crippen molar-refractivity contribution in [1.82, 2.24) is 0 Å². The number of rotatable bonds is 0. The lowest BCUT2D eigenvalue weighted by Gasteiger charge is -2.23. The van der Waals surface area contributed by atoms with E-state index in [4.69, 9.17) is 5.73 Å². The zero-order valence-electron chi connectivity index (χ0n) is 5.76. The third-order valence-electron chi connectivity index (χ3n) is 2.11. The van der Waals surface area contributed by atoms with Crippen LogP contribution in [0.15, 0.2) is 0 Å². The highest BCUT2D eigenvalue weighted by Gasteiger charge is 2.24. The minimum absolute atomic E-state index is 0.110. The molecule has 9 heavy (non-hydrogen) atoms. The van der Waals surface area contributed by atoms with Crippen molar-refractivity contribution in [2.45, 2.75) is 32.2 Å². The van der Waals surface area contributed by atoms with Gasteiger partial charge in [0.1, 0.15) is 5.78 Å². The van der Waals surface area contributed by atoms with Gasteiger partial charge >= 0.3 is 0 Å². The minimum atomic E-state index is 0.110. The van der Waals surface area contributed by atoms with Crippen LogP contribution < -0.4 is 5.73 Å². The summed E-state index contributed by atoms with van der Waals surface area (Å²) in [5.74, 6) is 0.451. The summed E-state index contributed by atoms with van der Waals surface area (Å²) in [6, 6.07) is 0.131. The van der Waals surface area contributed by atoms with E-state index in [-0.39, 0.29) is 12.0 Å². The van der Waals surface area contributed by atoms with Crippen LogP contribution in [0.1, 0.15) is 26.2 Å². The Balaban J connectivity index is 2.51.